The highest BCUT2D eigenvalue weighted by Crippen LogP contribution is 2.38. The Hall–Kier alpha value is -1.61. The van der Waals surface area contributed by atoms with Crippen molar-refractivity contribution >= 4 is 22.2 Å². The second-order valence-electron chi connectivity index (χ2n) is 4.64. The van der Waals surface area contributed by atoms with E-state index in [0.29, 0.717) is 5.56 Å². The Morgan fingerprint density at radius 2 is 1.95 bits per heavy atom. The summed E-state index contributed by atoms with van der Waals surface area (Å²) in [5, 5.41) is 0. The van der Waals surface area contributed by atoms with Gasteiger partial charge in [0.2, 0.25) is 0 Å². The molecular formula is C16H13BrO2. The predicted molar refractivity (Wildman–Crippen MR) is 77.7 cm³/mol. The molecule has 0 aromatic heterocycles. The molecule has 0 radical (unpaired) electrons. The zero-order valence-electron chi connectivity index (χ0n) is 10.3. The maximum Gasteiger partial charge on any atom is 0.150 e. The van der Waals surface area contributed by atoms with Crippen LogP contribution in [0.25, 0.3) is 0 Å². The molecule has 1 atom stereocenters. The molecule has 1 aliphatic carbocycles. The number of ether oxygens (including phenoxy) is 1. The van der Waals surface area contributed by atoms with E-state index in [4.69, 9.17) is 4.74 Å². The van der Waals surface area contributed by atoms with Crippen molar-refractivity contribution in [1.82, 2.24) is 0 Å². The molecule has 0 fully saturated rings. The molecule has 0 spiro atoms. The van der Waals surface area contributed by atoms with Crippen LogP contribution in [0.2, 0.25) is 0 Å². The summed E-state index contributed by atoms with van der Waals surface area (Å²) in [6.07, 6.45) is 2.97. The van der Waals surface area contributed by atoms with Crippen LogP contribution in [-0.4, -0.2) is 6.29 Å². The number of rotatable bonds is 3. The van der Waals surface area contributed by atoms with Gasteiger partial charge in [-0.05, 0) is 54.3 Å². The number of fused-ring (bicyclic) bond motifs is 1. The van der Waals surface area contributed by atoms with Crippen molar-refractivity contribution in [3.8, 4) is 5.75 Å². The van der Waals surface area contributed by atoms with Gasteiger partial charge in [0.15, 0.2) is 0 Å². The number of hydrogen-bond donors (Lipinski definition) is 0. The van der Waals surface area contributed by atoms with Gasteiger partial charge in [-0.2, -0.15) is 0 Å². The minimum Gasteiger partial charge on any atom is -0.486 e. The van der Waals surface area contributed by atoms with Crippen LogP contribution in [0.3, 0.4) is 0 Å². The van der Waals surface area contributed by atoms with Gasteiger partial charge in [-0.25, -0.2) is 0 Å². The quantitative estimate of drug-likeness (QED) is 0.788. The zero-order valence-corrected chi connectivity index (χ0v) is 11.9. The van der Waals surface area contributed by atoms with E-state index in [-0.39, 0.29) is 6.10 Å². The summed E-state index contributed by atoms with van der Waals surface area (Å²) in [4.78, 5) is 10.6. The van der Waals surface area contributed by atoms with Crippen LogP contribution in [0.5, 0.6) is 5.75 Å². The average molecular weight is 317 g/mol. The van der Waals surface area contributed by atoms with Crippen LogP contribution < -0.4 is 4.74 Å². The first-order valence-electron chi connectivity index (χ1n) is 6.27. The minimum atomic E-state index is 0.106. The number of benzene rings is 2. The summed E-state index contributed by atoms with van der Waals surface area (Å²) < 4.78 is 7.18. The highest BCUT2D eigenvalue weighted by molar-refractivity contribution is 9.10. The second kappa shape index (κ2) is 5.17. The molecule has 19 heavy (non-hydrogen) atoms. The summed E-state index contributed by atoms with van der Waals surface area (Å²) in [5.74, 6) is 0.809. The molecule has 0 saturated carbocycles. The van der Waals surface area contributed by atoms with E-state index in [9.17, 15) is 4.79 Å². The summed E-state index contributed by atoms with van der Waals surface area (Å²) >= 11 is 3.58. The first kappa shape index (κ1) is 12.4. The summed E-state index contributed by atoms with van der Waals surface area (Å²) in [6, 6.07) is 13.5. The fraction of sp³-hybridized carbons (Fsp3) is 0.188. The number of carbonyl (C=O) groups excluding carboxylic acids is 1. The Bertz CT molecular complexity index is 605. The summed E-state index contributed by atoms with van der Waals surface area (Å²) in [5.41, 5.74) is 3.27. The topological polar surface area (TPSA) is 26.3 Å². The molecule has 0 bridgehead atoms. The lowest BCUT2D eigenvalue weighted by Crippen LogP contribution is -2.03. The smallest absolute Gasteiger partial charge is 0.150 e. The van der Waals surface area contributed by atoms with E-state index in [1.165, 1.54) is 11.1 Å². The van der Waals surface area contributed by atoms with Gasteiger partial charge < -0.3 is 4.74 Å². The van der Waals surface area contributed by atoms with Crippen molar-refractivity contribution in [2.24, 2.45) is 0 Å². The maximum absolute atomic E-state index is 10.6. The van der Waals surface area contributed by atoms with Gasteiger partial charge in [-0.3, -0.25) is 4.79 Å². The fourth-order valence-corrected chi connectivity index (χ4v) is 3.06. The Balaban J connectivity index is 1.82. The SMILES string of the molecule is O=Cc1ccc(OC2CCc3c(Br)cccc32)cc1. The lowest BCUT2D eigenvalue weighted by atomic mass is 10.1. The van der Waals surface area contributed by atoms with Gasteiger partial charge in [0.1, 0.15) is 18.1 Å². The Labute approximate surface area is 120 Å². The minimum absolute atomic E-state index is 0.106. The molecule has 1 unspecified atom stereocenters. The third-order valence-corrected chi connectivity index (χ3v) is 4.20. The first-order valence-corrected chi connectivity index (χ1v) is 7.06. The third-order valence-electron chi connectivity index (χ3n) is 3.45. The Morgan fingerprint density at radius 3 is 2.68 bits per heavy atom. The highest BCUT2D eigenvalue weighted by atomic mass is 79.9. The van der Waals surface area contributed by atoms with Gasteiger partial charge in [-0.1, -0.05) is 28.1 Å². The molecule has 3 rings (SSSR count). The molecule has 0 heterocycles. The molecule has 2 aromatic carbocycles. The number of carbonyl (C=O) groups is 1. The van der Waals surface area contributed by atoms with Crippen LogP contribution in [-0.2, 0) is 6.42 Å². The van der Waals surface area contributed by atoms with Crippen LogP contribution >= 0.6 is 15.9 Å². The normalized spacial score (nSPS) is 17.0. The van der Waals surface area contributed by atoms with Crippen molar-refractivity contribution in [2.45, 2.75) is 18.9 Å². The number of hydrogen-bond acceptors (Lipinski definition) is 2. The molecule has 0 aliphatic heterocycles. The standard InChI is InChI=1S/C16H13BrO2/c17-15-3-1-2-14-13(15)8-9-16(14)19-12-6-4-11(10-18)5-7-12/h1-7,10,16H,8-9H2. The molecular weight excluding hydrogens is 304 g/mol. The van der Waals surface area contributed by atoms with Crippen molar-refractivity contribution in [2.75, 3.05) is 0 Å². The highest BCUT2D eigenvalue weighted by Gasteiger charge is 2.25. The molecule has 0 N–H and O–H groups in total. The number of halogens is 1. The van der Waals surface area contributed by atoms with E-state index < -0.39 is 0 Å². The molecule has 0 saturated heterocycles. The molecule has 0 amide bonds. The van der Waals surface area contributed by atoms with E-state index in [0.717, 1.165) is 29.4 Å². The Morgan fingerprint density at radius 1 is 1.16 bits per heavy atom. The van der Waals surface area contributed by atoms with Crippen LogP contribution in [0.1, 0.15) is 34.0 Å². The van der Waals surface area contributed by atoms with Crippen LogP contribution in [0.4, 0.5) is 0 Å². The molecule has 3 heteroatoms. The second-order valence-corrected chi connectivity index (χ2v) is 5.49. The van der Waals surface area contributed by atoms with E-state index in [1.807, 2.05) is 18.2 Å². The number of aldehydes is 1. The lowest BCUT2D eigenvalue weighted by molar-refractivity contribution is 0.112. The van der Waals surface area contributed by atoms with E-state index in [1.54, 1.807) is 12.1 Å². The average Bonchev–Trinajstić information content (AvgIpc) is 2.84. The van der Waals surface area contributed by atoms with E-state index >= 15 is 0 Å². The van der Waals surface area contributed by atoms with Crippen molar-refractivity contribution in [3.63, 3.8) is 0 Å². The van der Waals surface area contributed by atoms with Crippen LogP contribution in [0, 0.1) is 0 Å². The van der Waals surface area contributed by atoms with Crippen molar-refractivity contribution in [3.05, 3.63) is 63.6 Å². The molecule has 2 nitrogen and oxygen atoms in total. The predicted octanol–water partition coefficient (Wildman–Crippen LogP) is 4.33. The summed E-state index contributed by atoms with van der Waals surface area (Å²) in [7, 11) is 0. The van der Waals surface area contributed by atoms with Crippen LogP contribution in [0.15, 0.2) is 46.9 Å². The maximum atomic E-state index is 10.6. The molecule has 96 valence electrons. The zero-order chi connectivity index (χ0) is 13.2. The molecule has 1 aliphatic rings. The van der Waals surface area contributed by atoms with Gasteiger partial charge in [0.25, 0.3) is 0 Å². The van der Waals surface area contributed by atoms with Gasteiger partial charge in [0, 0.05) is 10.0 Å². The third kappa shape index (κ3) is 2.43. The summed E-state index contributed by atoms with van der Waals surface area (Å²) in [6.45, 7) is 0. The monoisotopic (exact) mass is 316 g/mol. The van der Waals surface area contributed by atoms with Gasteiger partial charge in [-0.15, -0.1) is 0 Å². The van der Waals surface area contributed by atoms with E-state index in [2.05, 4.69) is 28.1 Å². The largest absolute Gasteiger partial charge is 0.486 e. The van der Waals surface area contributed by atoms with Crippen molar-refractivity contribution in [1.29, 1.82) is 0 Å². The van der Waals surface area contributed by atoms with Crippen molar-refractivity contribution < 1.29 is 9.53 Å². The fourth-order valence-electron chi connectivity index (χ4n) is 2.48. The first-order chi connectivity index (χ1) is 9.28. The van der Waals surface area contributed by atoms with Gasteiger partial charge in [0.05, 0.1) is 0 Å². The molecule has 2 aromatic rings. The lowest BCUT2D eigenvalue weighted by Gasteiger charge is -2.15. The Kier molecular flexibility index (Phi) is 3.38. The van der Waals surface area contributed by atoms with Gasteiger partial charge >= 0.3 is 0 Å².